The Labute approximate surface area is 139 Å². The predicted molar refractivity (Wildman–Crippen MR) is 87.5 cm³/mol. The van der Waals surface area contributed by atoms with E-state index in [1.165, 1.54) is 12.3 Å². The summed E-state index contributed by atoms with van der Waals surface area (Å²) in [4.78, 5) is 15.0. The van der Waals surface area contributed by atoms with Gasteiger partial charge < -0.3 is 10.1 Å². The molecule has 1 N–H and O–H groups in total. The highest BCUT2D eigenvalue weighted by Gasteiger charge is 2.02. The largest absolute Gasteiger partial charge is 0.445 e. The van der Waals surface area contributed by atoms with Gasteiger partial charge in [-0.1, -0.05) is 54.1 Å². The lowest BCUT2D eigenvalue weighted by molar-refractivity contribution is 0.140. The molecule has 23 heavy (non-hydrogen) atoms. The van der Waals surface area contributed by atoms with Gasteiger partial charge in [-0.25, -0.2) is 9.78 Å². The number of nitrogens with one attached hydrogen (secondary N) is 1. The van der Waals surface area contributed by atoms with Crippen LogP contribution >= 0.6 is 11.6 Å². The van der Waals surface area contributed by atoms with E-state index in [2.05, 4.69) is 10.3 Å². The monoisotopic (exact) mass is 334 g/mol. The van der Waals surface area contributed by atoms with E-state index in [-0.39, 0.29) is 6.61 Å². The maximum absolute atomic E-state index is 13.4. The molecular formula is C17H16ClFN2O2. The highest BCUT2D eigenvalue weighted by Crippen LogP contribution is 2.13. The van der Waals surface area contributed by atoms with Gasteiger partial charge in [-0.15, -0.1) is 0 Å². The zero-order valence-corrected chi connectivity index (χ0v) is 13.1. The minimum Gasteiger partial charge on any atom is -0.445 e. The number of hydrogen-bond acceptors (Lipinski definition) is 3. The van der Waals surface area contributed by atoms with Gasteiger partial charge in [0, 0.05) is 18.3 Å². The molecule has 0 aliphatic carbocycles. The van der Waals surface area contributed by atoms with Crippen molar-refractivity contribution in [2.45, 2.75) is 13.0 Å². The summed E-state index contributed by atoms with van der Waals surface area (Å²) in [6, 6.07) is 10.9. The van der Waals surface area contributed by atoms with Gasteiger partial charge in [0.1, 0.15) is 6.61 Å². The molecule has 0 aliphatic rings. The number of ether oxygens (including phenoxy) is 1. The number of hydrogen-bond donors (Lipinski definition) is 1. The number of aromatic nitrogens is 1. The second-order valence-electron chi connectivity index (χ2n) is 4.71. The summed E-state index contributed by atoms with van der Waals surface area (Å²) in [6.07, 6.45) is 4.60. The molecule has 0 unspecified atom stereocenters. The van der Waals surface area contributed by atoms with Crippen molar-refractivity contribution in [1.82, 2.24) is 10.3 Å². The topological polar surface area (TPSA) is 51.2 Å². The molecule has 1 heterocycles. The summed E-state index contributed by atoms with van der Waals surface area (Å²) in [5, 5.41) is 2.99. The van der Waals surface area contributed by atoms with Crippen molar-refractivity contribution in [2.24, 2.45) is 0 Å². The lowest BCUT2D eigenvalue weighted by atomic mass is 10.2. The minimum absolute atomic E-state index is 0.224. The van der Waals surface area contributed by atoms with Crippen molar-refractivity contribution in [2.75, 3.05) is 6.54 Å². The molecule has 0 spiro atoms. The predicted octanol–water partition coefficient (Wildman–Crippen LogP) is 4.20. The third-order valence-corrected chi connectivity index (χ3v) is 3.13. The minimum atomic E-state index is -0.583. The summed E-state index contributed by atoms with van der Waals surface area (Å²) in [5.41, 5.74) is 1.23. The number of pyridine rings is 1. The fourth-order valence-electron chi connectivity index (χ4n) is 1.80. The average Bonchev–Trinajstić information content (AvgIpc) is 2.56. The summed E-state index contributed by atoms with van der Waals surface area (Å²) in [6.45, 7) is 0.613. The normalized spacial score (nSPS) is 10.7. The first-order valence-electron chi connectivity index (χ1n) is 7.07. The number of carbonyl (C=O) groups excluding carboxylic acids is 1. The average molecular weight is 335 g/mol. The van der Waals surface area contributed by atoms with Gasteiger partial charge in [0.05, 0.1) is 5.02 Å². The number of alkyl carbamates (subject to hydrolysis) is 1. The Morgan fingerprint density at radius 3 is 2.91 bits per heavy atom. The smallest absolute Gasteiger partial charge is 0.407 e. The molecule has 0 bridgehead atoms. The van der Waals surface area contributed by atoms with Crippen LogP contribution in [0.3, 0.4) is 0 Å². The Balaban J connectivity index is 1.67. The van der Waals surface area contributed by atoms with E-state index < -0.39 is 12.0 Å². The maximum Gasteiger partial charge on any atom is 0.407 e. The second-order valence-corrected chi connectivity index (χ2v) is 5.15. The van der Waals surface area contributed by atoms with Crippen molar-refractivity contribution < 1.29 is 13.9 Å². The van der Waals surface area contributed by atoms with E-state index in [9.17, 15) is 9.18 Å². The lowest BCUT2D eigenvalue weighted by Gasteiger charge is -2.05. The Morgan fingerprint density at radius 2 is 2.13 bits per heavy atom. The second kappa shape index (κ2) is 8.90. The fraction of sp³-hybridized carbons (Fsp3) is 0.176. The molecule has 1 aromatic heterocycles. The third kappa shape index (κ3) is 6.08. The first-order chi connectivity index (χ1) is 11.1. The van der Waals surface area contributed by atoms with Gasteiger partial charge in [0.2, 0.25) is 5.95 Å². The van der Waals surface area contributed by atoms with Crippen LogP contribution in [-0.4, -0.2) is 17.6 Å². The van der Waals surface area contributed by atoms with Crippen LogP contribution in [0.1, 0.15) is 17.5 Å². The van der Waals surface area contributed by atoms with Crippen molar-refractivity contribution in [1.29, 1.82) is 0 Å². The first kappa shape index (κ1) is 17.0. The summed E-state index contributed by atoms with van der Waals surface area (Å²) in [7, 11) is 0. The molecular weight excluding hydrogens is 319 g/mol. The van der Waals surface area contributed by atoms with Gasteiger partial charge in [0.15, 0.2) is 0 Å². The Morgan fingerprint density at radius 1 is 1.35 bits per heavy atom. The molecule has 0 saturated carbocycles. The maximum atomic E-state index is 13.4. The molecule has 2 rings (SSSR count). The van der Waals surface area contributed by atoms with Crippen LogP contribution < -0.4 is 5.32 Å². The van der Waals surface area contributed by atoms with E-state index in [0.717, 1.165) is 5.56 Å². The summed E-state index contributed by atoms with van der Waals surface area (Å²) in [5.74, 6) is -0.583. The van der Waals surface area contributed by atoms with Gasteiger partial charge in [0.25, 0.3) is 0 Å². The van der Waals surface area contributed by atoms with Gasteiger partial charge >= 0.3 is 6.09 Å². The van der Waals surface area contributed by atoms with E-state index in [4.69, 9.17) is 16.3 Å². The molecule has 4 nitrogen and oxygen atoms in total. The third-order valence-electron chi connectivity index (χ3n) is 2.92. The molecule has 1 aromatic carbocycles. The highest BCUT2D eigenvalue weighted by molar-refractivity contribution is 6.30. The number of halogens is 2. The van der Waals surface area contributed by atoms with Crippen LogP contribution in [0.2, 0.25) is 5.02 Å². The number of carbonyl (C=O) groups is 1. The quantitative estimate of drug-likeness (QED) is 0.636. The molecule has 0 radical (unpaired) electrons. The zero-order chi connectivity index (χ0) is 16.5. The van der Waals surface area contributed by atoms with Gasteiger partial charge in [-0.05, 0) is 18.1 Å². The summed E-state index contributed by atoms with van der Waals surface area (Å²) < 4.78 is 18.4. The number of nitrogens with zero attached hydrogens (tertiary/aromatic N) is 1. The molecule has 0 aliphatic heterocycles. The zero-order valence-electron chi connectivity index (χ0n) is 12.3. The van der Waals surface area contributed by atoms with Crippen molar-refractivity contribution in [3.63, 3.8) is 0 Å². The molecule has 0 saturated heterocycles. The van der Waals surface area contributed by atoms with Crippen LogP contribution in [0.15, 0.2) is 48.7 Å². The van der Waals surface area contributed by atoms with Crippen molar-refractivity contribution >= 4 is 23.8 Å². The van der Waals surface area contributed by atoms with E-state index in [0.29, 0.717) is 23.6 Å². The number of amides is 1. The van der Waals surface area contributed by atoms with E-state index in [1.54, 1.807) is 12.2 Å². The van der Waals surface area contributed by atoms with Crippen molar-refractivity contribution in [3.05, 3.63) is 70.8 Å². The van der Waals surface area contributed by atoms with Crippen LogP contribution in [0, 0.1) is 5.95 Å². The van der Waals surface area contributed by atoms with Crippen LogP contribution in [0.4, 0.5) is 9.18 Å². The number of rotatable bonds is 6. The van der Waals surface area contributed by atoms with E-state index in [1.807, 2.05) is 30.3 Å². The molecule has 120 valence electrons. The lowest BCUT2D eigenvalue weighted by Crippen LogP contribution is -2.24. The molecule has 6 heteroatoms. The van der Waals surface area contributed by atoms with Gasteiger partial charge in [-0.2, -0.15) is 4.39 Å². The summed E-state index contributed by atoms with van der Waals surface area (Å²) >= 11 is 5.75. The number of benzene rings is 1. The standard InChI is InChI=1S/C17H16ClFN2O2/c18-15-10-14(16(19)21-11-15)8-4-5-9-20-17(22)23-12-13-6-2-1-3-7-13/h1-4,6-8,10-11H,5,9,12H2,(H,20,22). The molecule has 0 fully saturated rings. The highest BCUT2D eigenvalue weighted by atomic mass is 35.5. The van der Waals surface area contributed by atoms with Crippen LogP contribution in [0.25, 0.3) is 6.08 Å². The fourth-order valence-corrected chi connectivity index (χ4v) is 1.96. The Bertz CT molecular complexity index is 678. The Hall–Kier alpha value is -2.40. The van der Waals surface area contributed by atoms with Crippen LogP contribution in [-0.2, 0) is 11.3 Å². The molecule has 2 aromatic rings. The Kier molecular flexibility index (Phi) is 6.56. The van der Waals surface area contributed by atoms with Crippen molar-refractivity contribution in [3.8, 4) is 0 Å². The van der Waals surface area contributed by atoms with Crippen LogP contribution in [0.5, 0.6) is 0 Å². The first-order valence-corrected chi connectivity index (χ1v) is 7.45. The molecule has 1 amide bonds. The molecule has 0 atom stereocenters. The van der Waals surface area contributed by atoms with Gasteiger partial charge in [-0.3, -0.25) is 0 Å². The SMILES string of the molecule is O=C(NCCC=Cc1cc(Cl)cnc1F)OCc1ccccc1. The van der Waals surface area contributed by atoms with E-state index >= 15 is 0 Å².